The van der Waals surface area contributed by atoms with Crippen molar-refractivity contribution in [2.24, 2.45) is 0 Å². The lowest BCUT2D eigenvalue weighted by Crippen LogP contribution is -2.40. The molecule has 1 heterocycles. The lowest BCUT2D eigenvalue weighted by molar-refractivity contribution is -0.0281. The predicted octanol–water partition coefficient (Wildman–Crippen LogP) is 3.03. The highest BCUT2D eigenvalue weighted by Crippen LogP contribution is 2.31. The average Bonchev–Trinajstić information content (AvgIpc) is 2.54. The minimum atomic E-state index is -0.298. The maximum absolute atomic E-state index is 12.6. The summed E-state index contributed by atoms with van der Waals surface area (Å²) in [5.74, 6) is 0.0203. The number of amides is 1. The summed E-state index contributed by atoms with van der Waals surface area (Å²) in [6, 6.07) is 17.5. The van der Waals surface area contributed by atoms with E-state index in [-0.39, 0.29) is 12.1 Å². The molecule has 3 rings (SSSR count). The van der Waals surface area contributed by atoms with Gasteiger partial charge in [-0.1, -0.05) is 42.5 Å². The van der Waals surface area contributed by atoms with Gasteiger partial charge in [-0.15, -0.1) is 0 Å². The van der Waals surface area contributed by atoms with Crippen molar-refractivity contribution < 1.29 is 9.53 Å². The van der Waals surface area contributed by atoms with Crippen LogP contribution in [-0.4, -0.2) is 24.5 Å². The lowest BCUT2D eigenvalue weighted by Gasteiger charge is -2.36. The fourth-order valence-corrected chi connectivity index (χ4v) is 2.74. The Labute approximate surface area is 118 Å². The predicted molar refractivity (Wildman–Crippen MR) is 77.4 cm³/mol. The van der Waals surface area contributed by atoms with E-state index >= 15 is 0 Å². The Bertz CT molecular complexity index is 609. The maximum atomic E-state index is 12.6. The molecule has 1 atom stereocenters. The zero-order valence-electron chi connectivity index (χ0n) is 11.5. The van der Waals surface area contributed by atoms with Crippen molar-refractivity contribution in [2.75, 3.05) is 13.7 Å². The van der Waals surface area contributed by atoms with E-state index in [0.29, 0.717) is 12.1 Å². The molecule has 102 valence electrons. The van der Waals surface area contributed by atoms with Crippen LogP contribution < -0.4 is 0 Å². The van der Waals surface area contributed by atoms with Gasteiger partial charge in [-0.05, 0) is 24.1 Å². The molecule has 1 aliphatic rings. The van der Waals surface area contributed by atoms with Crippen LogP contribution in [0.25, 0.3) is 0 Å². The van der Waals surface area contributed by atoms with Gasteiger partial charge in [0.05, 0.1) is 0 Å². The highest BCUT2D eigenvalue weighted by molar-refractivity contribution is 5.94. The van der Waals surface area contributed by atoms with E-state index in [0.717, 1.165) is 12.0 Å². The van der Waals surface area contributed by atoms with Gasteiger partial charge < -0.3 is 9.64 Å². The first-order valence-electron chi connectivity index (χ1n) is 6.78. The topological polar surface area (TPSA) is 29.5 Å². The Kier molecular flexibility index (Phi) is 3.52. The van der Waals surface area contributed by atoms with Gasteiger partial charge in [-0.2, -0.15) is 0 Å². The molecule has 20 heavy (non-hydrogen) atoms. The largest absolute Gasteiger partial charge is 0.357 e. The van der Waals surface area contributed by atoms with Crippen molar-refractivity contribution in [3.8, 4) is 0 Å². The molecule has 0 radical (unpaired) electrons. The highest BCUT2D eigenvalue weighted by atomic mass is 16.5. The number of hydrogen-bond acceptors (Lipinski definition) is 2. The zero-order chi connectivity index (χ0) is 13.9. The Balaban J connectivity index is 1.94. The van der Waals surface area contributed by atoms with E-state index < -0.39 is 0 Å². The molecule has 3 heteroatoms. The second-order valence-corrected chi connectivity index (χ2v) is 4.90. The molecule has 2 aromatic carbocycles. The molecular weight excluding hydrogens is 250 g/mol. The summed E-state index contributed by atoms with van der Waals surface area (Å²) in [6.45, 7) is 0.684. The molecule has 1 unspecified atom stereocenters. The summed E-state index contributed by atoms with van der Waals surface area (Å²) in [5, 5.41) is 0. The van der Waals surface area contributed by atoms with Crippen LogP contribution in [0.15, 0.2) is 54.6 Å². The molecule has 2 aromatic rings. The number of hydrogen-bond donors (Lipinski definition) is 0. The minimum absolute atomic E-state index is 0.0203. The minimum Gasteiger partial charge on any atom is -0.357 e. The number of nitrogens with zero attached hydrogens (tertiary/aromatic N) is 1. The van der Waals surface area contributed by atoms with Crippen molar-refractivity contribution in [3.63, 3.8) is 0 Å². The number of benzene rings is 2. The first kappa shape index (κ1) is 12.9. The second-order valence-electron chi connectivity index (χ2n) is 4.90. The number of rotatable bonds is 2. The lowest BCUT2D eigenvalue weighted by atomic mass is 9.97. The number of carbonyl (C=O) groups excluding carboxylic acids is 1. The third-order valence-electron chi connectivity index (χ3n) is 3.73. The molecule has 0 fully saturated rings. The molecule has 0 aromatic heterocycles. The van der Waals surface area contributed by atoms with Gasteiger partial charge in [0.1, 0.15) is 0 Å². The summed E-state index contributed by atoms with van der Waals surface area (Å²) < 4.78 is 5.58. The molecule has 0 aliphatic carbocycles. The van der Waals surface area contributed by atoms with Crippen LogP contribution in [0.3, 0.4) is 0 Å². The number of carbonyl (C=O) groups is 1. The van der Waals surface area contributed by atoms with Crippen LogP contribution in [0.1, 0.15) is 27.7 Å². The van der Waals surface area contributed by atoms with E-state index in [1.807, 2.05) is 48.5 Å². The molecule has 0 bridgehead atoms. The summed E-state index contributed by atoms with van der Waals surface area (Å²) in [5.41, 5.74) is 3.05. The molecule has 0 spiro atoms. The van der Waals surface area contributed by atoms with E-state index in [4.69, 9.17) is 4.74 Å². The summed E-state index contributed by atoms with van der Waals surface area (Å²) >= 11 is 0. The summed E-state index contributed by atoms with van der Waals surface area (Å²) in [7, 11) is 1.65. The molecule has 0 saturated carbocycles. The highest BCUT2D eigenvalue weighted by Gasteiger charge is 2.30. The molecule has 0 N–H and O–H groups in total. The van der Waals surface area contributed by atoms with Crippen LogP contribution in [0.2, 0.25) is 0 Å². The van der Waals surface area contributed by atoms with Crippen LogP contribution in [0.5, 0.6) is 0 Å². The smallest absolute Gasteiger partial charge is 0.256 e. The van der Waals surface area contributed by atoms with Gasteiger partial charge in [0.15, 0.2) is 6.23 Å². The van der Waals surface area contributed by atoms with E-state index in [1.54, 1.807) is 12.0 Å². The van der Waals surface area contributed by atoms with Crippen molar-refractivity contribution in [1.82, 2.24) is 4.90 Å². The van der Waals surface area contributed by atoms with Crippen LogP contribution in [0, 0.1) is 0 Å². The monoisotopic (exact) mass is 267 g/mol. The third-order valence-corrected chi connectivity index (χ3v) is 3.73. The Hall–Kier alpha value is -2.13. The van der Waals surface area contributed by atoms with Gasteiger partial charge in [0, 0.05) is 24.8 Å². The fraction of sp³-hybridized carbons (Fsp3) is 0.235. The fourth-order valence-electron chi connectivity index (χ4n) is 2.74. The van der Waals surface area contributed by atoms with Crippen molar-refractivity contribution in [3.05, 3.63) is 71.3 Å². The van der Waals surface area contributed by atoms with Crippen LogP contribution in [-0.2, 0) is 11.2 Å². The van der Waals surface area contributed by atoms with Gasteiger partial charge in [-0.3, -0.25) is 4.79 Å². The third kappa shape index (κ3) is 2.21. The normalized spacial score (nSPS) is 17.6. The van der Waals surface area contributed by atoms with Gasteiger partial charge in [0.2, 0.25) is 0 Å². The molecule has 1 amide bonds. The Morgan fingerprint density at radius 1 is 1.10 bits per heavy atom. The van der Waals surface area contributed by atoms with Gasteiger partial charge in [-0.25, -0.2) is 0 Å². The van der Waals surface area contributed by atoms with E-state index in [1.165, 1.54) is 5.56 Å². The van der Waals surface area contributed by atoms with Gasteiger partial charge in [0.25, 0.3) is 5.91 Å². The Morgan fingerprint density at radius 3 is 2.55 bits per heavy atom. The Morgan fingerprint density at radius 2 is 1.80 bits per heavy atom. The van der Waals surface area contributed by atoms with Crippen molar-refractivity contribution in [2.45, 2.75) is 12.6 Å². The first-order valence-corrected chi connectivity index (χ1v) is 6.78. The zero-order valence-corrected chi connectivity index (χ0v) is 11.5. The number of methoxy groups -OCH3 is 1. The second kappa shape index (κ2) is 5.47. The number of fused-ring (bicyclic) bond motifs is 1. The molecule has 1 aliphatic heterocycles. The average molecular weight is 267 g/mol. The molecule has 3 nitrogen and oxygen atoms in total. The van der Waals surface area contributed by atoms with Gasteiger partial charge >= 0.3 is 0 Å². The van der Waals surface area contributed by atoms with Crippen molar-refractivity contribution in [1.29, 1.82) is 0 Å². The molecular formula is C17H17NO2. The standard InChI is InChI=1S/C17H17NO2/c1-20-17-15-10-6-5-7-13(15)11-12-18(17)16(19)14-8-3-2-4-9-14/h2-10,17H,11-12H2,1H3. The molecule has 0 saturated heterocycles. The van der Waals surface area contributed by atoms with E-state index in [2.05, 4.69) is 6.07 Å². The number of ether oxygens (including phenoxy) is 1. The van der Waals surface area contributed by atoms with Crippen LogP contribution in [0.4, 0.5) is 0 Å². The quantitative estimate of drug-likeness (QED) is 0.837. The summed E-state index contributed by atoms with van der Waals surface area (Å²) in [6.07, 6.45) is 0.571. The first-order chi connectivity index (χ1) is 9.81. The van der Waals surface area contributed by atoms with Crippen molar-refractivity contribution >= 4 is 5.91 Å². The van der Waals surface area contributed by atoms with E-state index in [9.17, 15) is 4.79 Å². The summed E-state index contributed by atoms with van der Waals surface area (Å²) in [4.78, 5) is 14.4. The van der Waals surface area contributed by atoms with Crippen LogP contribution >= 0.6 is 0 Å². The SMILES string of the molecule is COC1c2ccccc2CCN1C(=O)c1ccccc1. The maximum Gasteiger partial charge on any atom is 0.256 e.